The second kappa shape index (κ2) is 9.46. The normalized spacial score (nSPS) is 27.6. The van der Waals surface area contributed by atoms with E-state index >= 15 is 0 Å². The van der Waals surface area contributed by atoms with E-state index in [0.717, 1.165) is 17.2 Å². The Morgan fingerprint density at radius 2 is 1.62 bits per heavy atom. The van der Waals surface area contributed by atoms with E-state index in [-0.39, 0.29) is 11.2 Å². The van der Waals surface area contributed by atoms with Crippen LogP contribution >= 0.6 is 0 Å². The summed E-state index contributed by atoms with van der Waals surface area (Å²) in [4.78, 5) is 55.8. The van der Waals surface area contributed by atoms with Gasteiger partial charge in [-0.15, -0.1) is 0 Å². The van der Waals surface area contributed by atoms with Crippen molar-refractivity contribution in [2.75, 3.05) is 0 Å². The summed E-state index contributed by atoms with van der Waals surface area (Å²) in [7, 11) is 0. The average Bonchev–Trinajstić information content (AvgIpc) is 3.28. The van der Waals surface area contributed by atoms with E-state index in [1.165, 1.54) is 0 Å². The van der Waals surface area contributed by atoms with Crippen molar-refractivity contribution in [2.45, 2.75) is 68.2 Å². The minimum Gasteiger partial charge on any atom is -0.481 e. The van der Waals surface area contributed by atoms with Crippen LogP contribution in [0.15, 0.2) is 17.4 Å². The Bertz CT molecular complexity index is 1150. The van der Waals surface area contributed by atoms with Crippen molar-refractivity contribution in [1.29, 1.82) is 0 Å². The van der Waals surface area contributed by atoms with Crippen LogP contribution in [0.4, 0.5) is 0 Å². The molecule has 15 nitrogen and oxygen atoms in total. The van der Waals surface area contributed by atoms with Crippen LogP contribution < -0.4 is 5.56 Å². The number of ether oxygens (including phenoxy) is 1. The zero-order chi connectivity index (χ0) is 25.3. The maximum Gasteiger partial charge on any atom is 0.303 e. The molecule has 0 radical (unpaired) electrons. The molecular formula is C19H24N4O11. The molecule has 1 unspecified atom stereocenters. The molecule has 0 saturated carbocycles. The molecule has 5 atom stereocenters. The maximum atomic E-state index is 12.0. The van der Waals surface area contributed by atoms with Crippen molar-refractivity contribution in [3.05, 3.63) is 23.0 Å². The first-order valence-electron chi connectivity index (χ1n) is 10.2. The highest BCUT2D eigenvalue weighted by molar-refractivity contribution is 5.69. The molecule has 186 valence electrons. The van der Waals surface area contributed by atoms with E-state index in [0.29, 0.717) is 0 Å². The number of carboxylic acid groups (broad SMARTS) is 3. The van der Waals surface area contributed by atoms with Gasteiger partial charge in [0.15, 0.2) is 17.4 Å². The number of fused-ring (bicyclic) bond motifs is 1. The number of nitrogens with one attached hydrogen (secondary N) is 1. The zero-order valence-electron chi connectivity index (χ0n) is 17.7. The van der Waals surface area contributed by atoms with Gasteiger partial charge in [0.05, 0.1) is 18.8 Å². The van der Waals surface area contributed by atoms with Crippen molar-refractivity contribution >= 4 is 29.1 Å². The lowest BCUT2D eigenvalue weighted by Gasteiger charge is -2.41. The van der Waals surface area contributed by atoms with E-state index in [1.807, 2.05) is 0 Å². The molecule has 1 aliphatic heterocycles. The third-order valence-electron chi connectivity index (χ3n) is 5.97. The summed E-state index contributed by atoms with van der Waals surface area (Å²) in [5.41, 5.74) is -5.91. The lowest BCUT2D eigenvalue weighted by molar-refractivity contribution is -0.176. The second-order valence-electron chi connectivity index (χ2n) is 8.10. The minimum absolute atomic E-state index is 0.0937. The SMILES string of the molecule is O=C(O)CCC(O)[C@H]1O[C@@H](n2cnc3c(=O)[nH]cnc32)[C@@](O)(CCC(=O)O)[C@@]1(O)CCC(=O)O. The molecule has 3 heterocycles. The van der Waals surface area contributed by atoms with Crippen molar-refractivity contribution in [2.24, 2.45) is 0 Å². The van der Waals surface area contributed by atoms with Gasteiger partial charge in [-0.25, -0.2) is 9.97 Å². The minimum atomic E-state index is -2.53. The number of aromatic amines is 1. The maximum absolute atomic E-state index is 12.0. The largest absolute Gasteiger partial charge is 0.481 e. The standard InChI is InChI=1S/C19H24N4O11/c24-9(1-2-10(25)26)14-18(32,5-3-11(27)28)19(33,6-4-12(29)30)17(34-14)23-8-22-13-15(23)20-7-21-16(13)31/h7-9,14,17,24,32-33H,1-6H2,(H,25,26)(H,27,28)(H,29,30)(H,20,21,31)/t9?,14-,17-,18-,19+/m1/s1. The van der Waals surface area contributed by atoms with E-state index < -0.39 is 91.6 Å². The zero-order valence-corrected chi connectivity index (χ0v) is 17.7. The van der Waals surface area contributed by atoms with Gasteiger partial charge in [0.2, 0.25) is 0 Å². The number of carbonyl (C=O) groups is 3. The Morgan fingerprint density at radius 3 is 2.21 bits per heavy atom. The van der Waals surface area contributed by atoms with Crippen LogP contribution in [0.5, 0.6) is 0 Å². The highest BCUT2D eigenvalue weighted by atomic mass is 16.6. The van der Waals surface area contributed by atoms with Crippen LogP contribution in [0.2, 0.25) is 0 Å². The first kappa shape index (κ1) is 25.2. The summed E-state index contributed by atoms with van der Waals surface area (Å²) in [5, 5.41) is 61.3. The molecule has 1 fully saturated rings. The van der Waals surface area contributed by atoms with Gasteiger partial charge in [-0.3, -0.25) is 23.7 Å². The fourth-order valence-corrected chi connectivity index (χ4v) is 4.28. The molecule has 1 saturated heterocycles. The van der Waals surface area contributed by atoms with Gasteiger partial charge < -0.3 is 40.4 Å². The molecule has 3 rings (SSSR count). The van der Waals surface area contributed by atoms with Gasteiger partial charge in [-0.2, -0.15) is 0 Å². The summed E-state index contributed by atoms with van der Waals surface area (Å²) in [6.45, 7) is 0. The fraction of sp³-hybridized carbons (Fsp3) is 0.579. The Kier molecular flexibility index (Phi) is 7.02. The monoisotopic (exact) mass is 484 g/mol. The van der Waals surface area contributed by atoms with Gasteiger partial charge in [0.25, 0.3) is 5.56 Å². The highest BCUT2D eigenvalue weighted by Crippen LogP contribution is 2.52. The van der Waals surface area contributed by atoms with Crippen LogP contribution in [0.1, 0.15) is 44.8 Å². The Morgan fingerprint density at radius 1 is 1.03 bits per heavy atom. The first-order chi connectivity index (χ1) is 15.9. The van der Waals surface area contributed by atoms with Crippen molar-refractivity contribution in [3.8, 4) is 0 Å². The quantitative estimate of drug-likeness (QED) is 0.191. The number of imidazole rings is 1. The van der Waals surface area contributed by atoms with E-state index in [1.54, 1.807) is 0 Å². The molecule has 0 amide bonds. The number of rotatable bonds is 11. The number of aliphatic hydroxyl groups excluding tert-OH is 1. The van der Waals surface area contributed by atoms with Crippen molar-refractivity contribution in [3.63, 3.8) is 0 Å². The van der Waals surface area contributed by atoms with Crippen LogP contribution in [0.25, 0.3) is 11.2 Å². The molecule has 0 aromatic carbocycles. The molecule has 0 aliphatic carbocycles. The summed E-state index contributed by atoms with van der Waals surface area (Å²) >= 11 is 0. The number of carboxylic acids is 3. The first-order valence-corrected chi connectivity index (χ1v) is 10.2. The molecule has 34 heavy (non-hydrogen) atoms. The Hall–Kier alpha value is -3.40. The highest BCUT2D eigenvalue weighted by Gasteiger charge is 2.67. The smallest absolute Gasteiger partial charge is 0.303 e. The molecule has 0 bridgehead atoms. The summed E-state index contributed by atoms with van der Waals surface area (Å²) in [5.74, 6) is -3.95. The van der Waals surface area contributed by atoms with Gasteiger partial charge >= 0.3 is 17.9 Å². The predicted molar refractivity (Wildman–Crippen MR) is 109 cm³/mol. The Labute approximate surface area is 190 Å². The van der Waals surface area contributed by atoms with Crippen LogP contribution in [0.3, 0.4) is 0 Å². The molecule has 7 N–H and O–H groups in total. The number of H-pyrrole nitrogens is 1. The molecule has 2 aromatic rings. The number of aliphatic hydroxyl groups is 3. The van der Waals surface area contributed by atoms with Crippen LogP contribution in [0, 0.1) is 0 Å². The van der Waals surface area contributed by atoms with E-state index in [2.05, 4.69) is 15.0 Å². The van der Waals surface area contributed by atoms with Gasteiger partial charge in [-0.1, -0.05) is 0 Å². The van der Waals surface area contributed by atoms with Crippen molar-refractivity contribution in [1.82, 2.24) is 19.5 Å². The molecule has 2 aromatic heterocycles. The third-order valence-corrected chi connectivity index (χ3v) is 5.97. The molecular weight excluding hydrogens is 460 g/mol. The van der Waals surface area contributed by atoms with E-state index in [4.69, 9.17) is 14.9 Å². The number of hydrogen-bond acceptors (Lipinski definition) is 10. The topological polar surface area (TPSA) is 245 Å². The molecule has 1 aliphatic rings. The fourth-order valence-electron chi connectivity index (χ4n) is 4.28. The number of nitrogens with zero attached hydrogens (tertiary/aromatic N) is 3. The summed E-state index contributed by atoms with van der Waals surface area (Å²) in [6, 6.07) is 0. The van der Waals surface area contributed by atoms with E-state index in [9.17, 15) is 39.6 Å². The molecule has 0 spiro atoms. The third kappa shape index (κ3) is 4.50. The molecule has 15 heteroatoms. The van der Waals surface area contributed by atoms with Crippen LogP contribution in [-0.4, -0.2) is 91.5 Å². The van der Waals surface area contributed by atoms with Crippen LogP contribution in [-0.2, 0) is 19.1 Å². The van der Waals surface area contributed by atoms with Gasteiger partial charge in [0, 0.05) is 19.3 Å². The lowest BCUT2D eigenvalue weighted by atomic mass is 9.72. The number of aliphatic carboxylic acids is 3. The average molecular weight is 484 g/mol. The van der Waals surface area contributed by atoms with Crippen molar-refractivity contribution < 1.29 is 49.8 Å². The lowest BCUT2D eigenvalue weighted by Crippen LogP contribution is -2.60. The van der Waals surface area contributed by atoms with Gasteiger partial charge in [0.1, 0.15) is 17.3 Å². The summed E-state index contributed by atoms with van der Waals surface area (Å²) < 4.78 is 6.86. The Balaban J connectivity index is 2.15. The summed E-state index contributed by atoms with van der Waals surface area (Å²) in [6.07, 6.45) is -6.56. The predicted octanol–water partition coefficient (Wildman–Crippen LogP) is -1.57. The number of hydrogen-bond donors (Lipinski definition) is 7. The van der Waals surface area contributed by atoms with Gasteiger partial charge in [-0.05, 0) is 19.3 Å². The number of aromatic nitrogens is 4. The second-order valence-corrected chi connectivity index (χ2v) is 8.10.